The van der Waals surface area contributed by atoms with Crippen molar-refractivity contribution in [1.82, 2.24) is 0 Å². The van der Waals surface area contributed by atoms with Gasteiger partial charge < -0.3 is 52.5 Å². The van der Waals surface area contributed by atoms with Crippen LogP contribution in [0.2, 0.25) is 0 Å². The summed E-state index contributed by atoms with van der Waals surface area (Å²) in [7, 11) is 0. The van der Waals surface area contributed by atoms with Gasteiger partial charge in [0.25, 0.3) is 0 Å². The number of hydrogen-bond acceptors (Lipinski definition) is 18. The molecule has 2 rings (SSSR count). The van der Waals surface area contributed by atoms with Crippen LogP contribution in [0.5, 0.6) is 0 Å². The normalized spacial score (nSPS) is 27.5. The molecule has 0 amide bonds. The lowest BCUT2D eigenvalue weighted by Gasteiger charge is -2.48. The lowest BCUT2D eigenvalue weighted by Crippen LogP contribution is -2.67. The van der Waals surface area contributed by atoms with Crippen LogP contribution in [0.1, 0.15) is 96.9 Å². The number of ether oxygens (including phenoxy) is 10. The molecule has 4 unspecified atom stereocenters. The van der Waals surface area contributed by atoms with Gasteiger partial charge in [-0.1, -0.05) is 96.9 Å². The zero-order valence-corrected chi connectivity index (χ0v) is 36.1. The van der Waals surface area contributed by atoms with Crippen LogP contribution in [0.15, 0.2) is 0 Å². The molecule has 0 aliphatic carbocycles. The minimum Gasteiger partial charge on any atom is -0.463 e. The molecule has 2 saturated heterocycles. The first-order valence-electron chi connectivity index (χ1n) is 19.9. The summed E-state index contributed by atoms with van der Waals surface area (Å²) >= 11 is 0. The van der Waals surface area contributed by atoms with Crippen LogP contribution in [0.4, 0.5) is 0 Å². The van der Waals surface area contributed by atoms with E-state index >= 15 is 0 Å². The van der Waals surface area contributed by atoms with Gasteiger partial charge in [0.1, 0.15) is 31.5 Å². The van der Waals surface area contributed by atoms with E-state index in [1.165, 1.54) is 41.5 Å². The fourth-order valence-corrected chi connectivity index (χ4v) is 5.14. The van der Waals surface area contributed by atoms with Gasteiger partial charge in [0.2, 0.25) is 0 Å². The predicted molar refractivity (Wildman–Crippen MR) is 200 cm³/mol. The summed E-state index contributed by atoms with van der Waals surface area (Å²) < 4.78 is 58.9. The Labute approximate surface area is 340 Å². The average molecular weight is 833 g/mol. The quantitative estimate of drug-likeness (QED) is 0.154. The molecule has 0 bridgehead atoms. The molecular weight excluding hydrogens is 768 g/mol. The molecule has 0 aromatic heterocycles. The first kappa shape index (κ1) is 50.3. The molecule has 2 aliphatic rings. The van der Waals surface area contributed by atoms with Crippen molar-refractivity contribution in [3.05, 3.63) is 0 Å². The summed E-state index contributed by atoms with van der Waals surface area (Å²) in [6, 6.07) is 0. The van der Waals surface area contributed by atoms with Gasteiger partial charge in [0.05, 0.1) is 41.4 Å². The number of carbonyl (C=O) groups is 7. The molecule has 2 fully saturated rings. The van der Waals surface area contributed by atoms with Gasteiger partial charge in [-0.15, -0.1) is 0 Å². The van der Waals surface area contributed by atoms with Crippen LogP contribution in [0.3, 0.4) is 0 Å². The highest BCUT2D eigenvalue weighted by molar-refractivity contribution is 5.75. The van der Waals surface area contributed by atoms with Crippen molar-refractivity contribution in [3.63, 3.8) is 0 Å². The monoisotopic (exact) mass is 832 g/mol. The largest absolute Gasteiger partial charge is 0.463 e. The van der Waals surface area contributed by atoms with E-state index in [0.29, 0.717) is 0 Å². The number of aliphatic hydroxyl groups is 1. The summed E-state index contributed by atoms with van der Waals surface area (Å²) in [5.74, 6) is -10.2. The summed E-state index contributed by atoms with van der Waals surface area (Å²) in [6.07, 6.45) is -16.8. The second kappa shape index (κ2) is 22.5. The maximum Gasteiger partial charge on any atom is 0.308 e. The Morgan fingerprint density at radius 1 is 0.397 bits per heavy atom. The zero-order valence-electron chi connectivity index (χ0n) is 36.1. The fraction of sp³-hybridized carbons (Fsp3) is 0.825. The maximum absolute atomic E-state index is 13.4. The van der Waals surface area contributed by atoms with Gasteiger partial charge >= 0.3 is 41.8 Å². The van der Waals surface area contributed by atoms with Gasteiger partial charge in [0.15, 0.2) is 43.1 Å². The van der Waals surface area contributed by atoms with Crippen molar-refractivity contribution in [1.29, 1.82) is 0 Å². The third-order valence-corrected chi connectivity index (χ3v) is 8.83. The first-order valence-corrected chi connectivity index (χ1v) is 19.9. The number of aliphatic hydroxyl groups excluding tert-OH is 1. The number of carbonyl (C=O) groups excluding carboxylic acids is 7. The van der Waals surface area contributed by atoms with Gasteiger partial charge in [-0.3, -0.25) is 33.6 Å². The van der Waals surface area contributed by atoms with Crippen LogP contribution >= 0.6 is 0 Å². The van der Waals surface area contributed by atoms with Gasteiger partial charge in [-0.25, -0.2) is 0 Å². The average Bonchev–Trinajstić information content (AvgIpc) is 3.13. The standard InChI is InChI=1S/C40H64O18/c1-17(2)32(41)49-15-24-27(28(54-35(44)20(7)8)30(39(48)51-24)56-37(46)22(11)12)58-40-31(57-38(47)23(13)14)29(55-36(45)21(9)10)26(53-34(43)19(5)6)25(52-40)16-50-33(42)18(3)4/h17-31,39-40,48H,15-16H2,1-14H3/t24?,25?,26-,27-,28?,29+,30+,31?,39-,40-/m1/s1. The van der Waals surface area contributed by atoms with Crippen molar-refractivity contribution in [2.75, 3.05) is 13.2 Å². The Hall–Kier alpha value is -3.87. The molecule has 58 heavy (non-hydrogen) atoms. The van der Waals surface area contributed by atoms with E-state index in [4.69, 9.17) is 47.4 Å². The Morgan fingerprint density at radius 3 is 1.05 bits per heavy atom. The SMILES string of the molecule is CC(C)C(=O)OCC1O[C@@H](O)[C@@H](OC(=O)C(C)C)C(OC(=O)C(C)C)[C@@H]1O[C@H]1OC(COC(=O)C(C)C)[C@@H](OC(=O)C(C)C)[C@H](OC(=O)C(C)C)C1OC(=O)C(C)C. The Bertz CT molecular complexity index is 1420. The molecule has 18 nitrogen and oxygen atoms in total. The Morgan fingerprint density at radius 2 is 0.690 bits per heavy atom. The molecule has 332 valence electrons. The molecule has 2 heterocycles. The van der Waals surface area contributed by atoms with Gasteiger partial charge in [-0.05, 0) is 0 Å². The predicted octanol–water partition coefficient (Wildman–Crippen LogP) is 3.05. The minimum absolute atomic E-state index is 0.580. The van der Waals surface area contributed by atoms with Crippen molar-refractivity contribution >= 4 is 41.8 Å². The fourth-order valence-electron chi connectivity index (χ4n) is 5.14. The summed E-state index contributed by atoms with van der Waals surface area (Å²) in [5, 5.41) is 11.2. The molecule has 10 atom stereocenters. The summed E-state index contributed by atoms with van der Waals surface area (Å²) in [4.78, 5) is 91.6. The highest BCUT2D eigenvalue weighted by Crippen LogP contribution is 2.36. The van der Waals surface area contributed by atoms with Gasteiger partial charge in [0, 0.05) is 0 Å². The molecule has 0 aromatic rings. The van der Waals surface area contributed by atoms with Crippen molar-refractivity contribution in [2.45, 2.75) is 158 Å². The van der Waals surface area contributed by atoms with Gasteiger partial charge in [-0.2, -0.15) is 0 Å². The van der Waals surface area contributed by atoms with E-state index in [1.807, 2.05) is 0 Å². The topological polar surface area (TPSA) is 232 Å². The molecular formula is C40H64O18. The number of esters is 7. The number of hydrogen-bond donors (Lipinski definition) is 1. The highest BCUT2D eigenvalue weighted by atomic mass is 16.8. The lowest BCUT2D eigenvalue weighted by molar-refractivity contribution is -0.358. The van der Waals surface area contributed by atoms with E-state index < -0.39 is 158 Å². The van der Waals surface area contributed by atoms with Crippen molar-refractivity contribution in [3.8, 4) is 0 Å². The smallest absolute Gasteiger partial charge is 0.308 e. The molecule has 0 aromatic carbocycles. The van der Waals surface area contributed by atoms with Crippen LogP contribution in [0, 0.1) is 41.4 Å². The summed E-state index contributed by atoms with van der Waals surface area (Å²) in [5.41, 5.74) is 0. The molecule has 1 N–H and O–H groups in total. The van der Waals surface area contributed by atoms with E-state index in [9.17, 15) is 38.7 Å². The van der Waals surface area contributed by atoms with Crippen molar-refractivity contribution < 1.29 is 86.0 Å². The third-order valence-electron chi connectivity index (χ3n) is 8.83. The van der Waals surface area contributed by atoms with E-state index in [0.717, 1.165) is 0 Å². The molecule has 0 radical (unpaired) electrons. The second-order valence-corrected chi connectivity index (χ2v) is 16.6. The highest BCUT2D eigenvalue weighted by Gasteiger charge is 2.58. The van der Waals surface area contributed by atoms with Crippen LogP contribution in [0.25, 0.3) is 0 Å². The van der Waals surface area contributed by atoms with E-state index in [-0.39, 0.29) is 0 Å². The second-order valence-electron chi connectivity index (χ2n) is 16.6. The van der Waals surface area contributed by atoms with Crippen LogP contribution < -0.4 is 0 Å². The molecule has 18 heteroatoms. The first-order chi connectivity index (χ1) is 26.9. The number of rotatable bonds is 18. The molecule has 0 spiro atoms. The van der Waals surface area contributed by atoms with Crippen LogP contribution in [-0.4, -0.2) is 122 Å². The summed E-state index contributed by atoms with van der Waals surface area (Å²) in [6.45, 7) is 20.6. The lowest BCUT2D eigenvalue weighted by atomic mass is 9.95. The Balaban J connectivity index is 2.93. The minimum atomic E-state index is -1.94. The Kier molecular flexibility index (Phi) is 19.5. The van der Waals surface area contributed by atoms with E-state index in [2.05, 4.69) is 0 Å². The van der Waals surface area contributed by atoms with Crippen LogP contribution in [-0.2, 0) is 80.9 Å². The third kappa shape index (κ3) is 14.2. The maximum atomic E-state index is 13.4. The molecule has 2 aliphatic heterocycles. The van der Waals surface area contributed by atoms with E-state index in [1.54, 1.807) is 55.4 Å². The van der Waals surface area contributed by atoms with Crippen molar-refractivity contribution in [2.24, 2.45) is 41.4 Å². The zero-order chi connectivity index (χ0) is 44.3. The molecule has 0 saturated carbocycles.